The third-order valence-corrected chi connectivity index (χ3v) is 5.16. The Hall–Kier alpha value is -2.82. The van der Waals surface area contributed by atoms with Gasteiger partial charge in [-0.05, 0) is 41.8 Å². The van der Waals surface area contributed by atoms with E-state index in [2.05, 4.69) is 5.32 Å². The lowest BCUT2D eigenvalue weighted by molar-refractivity contribution is 0.0997. The van der Waals surface area contributed by atoms with Crippen LogP contribution in [0.2, 0.25) is 5.02 Å². The molecule has 0 fully saturated rings. The number of hydrogen-bond acceptors (Lipinski definition) is 3. The highest BCUT2D eigenvalue weighted by atomic mass is 35.5. The fourth-order valence-electron chi connectivity index (χ4n) is 2.69. The molecule has 0 saturated heterocycles. The number of benzene rings is 2. The molecule has 0 unspecified atom stereocenters. The number of nitrogens with one attached hydrogen (secondary N) is 1. The Morgan fingerprint density at radius 2 is 1.65 bits per heavy atom. The molecule has 0 bridgehead atoms. The van der Waals surface area contributed by atoms with Gasteiger partial charge in [0.15, 0.2) is 5.76 Å². The van der Waals surface area contributed by atoms with E-state index in [0.29, 0.717) is 10.8 Å². The van der Waals surface area contributed by atoms with Gasteiger partial charge in [0.25, 0.3) is 5.91 Å². The number of rotatable bonds is 4. The zero-order valence-corrected chi connectivity index (χ0v) is 15.2. The second-order valence-corrected chi connectivity index (χ2v) is 6.98. The van der Waals surface area contributed by atoms with E-state index in [1.807, 2.05) is 60.0 Å². The molecule has 2 heterocycles. The highest BCUT2D eigenvalue weighted by molar-refractivity contribution is 7.13. The SMILES string of the molecule is O=C(Nc1ccccc1-c1cccs1)c1ccc(-c2ccccc2Cl)o1. The summed E-state index contributed by atoms with van der Waals surface area (Å²) in [5, 5.41) is 5.53. The van der Waals surface area contributed by atoms with Crippen LogP contribution in [0.1, 0.15) is 10.6 Å². The first-order valence-electron chi connectivity index (χ1n) is 8.01. The van der Waals surface area contributed by atoms with Crippen molar-refractivity contribution in [3.05, 3.63) is 89.0 Å². The minimum Gasteiger partial charge on any atom is -0.451 e. The monoisotopic (exact) mass is 379 g/mol. The molecule has 0 aliphatic rings. The van der Waals surface area contributed by atoms with Crippen LogP contribution in [-0.4, -0.2) is 5.91 Å². The summed E-state index contributed by atoms with van der Waals surface area (Å²) in [5.41, 5.74) is 2.48. The first kappa shape index (κ1) is 16.6. The highest BCUT2D eigenvalue weighted by Gasteiger charge is 2.15. The molecule has 0 saturated carbocycles. The Morgan fingerprint density at radius 3 is 2.42 bits per heavy atom. The lowest BCUT2D eigenvalue weighted by Gasteiger charge is -2.08. The van der Waals surface area contributed by atoms with Gasteiger partial charge in [0.1, 0.15) is 5.76 Å². The number of para-hydroxylation sites is 1. The molecule has 0 spiro atoms. The number of anilines is 1. The van der Waals surface area contributed by atoms with E-state index in [1.165, 1.54) is 0 Å². The van der Waals surface area contributed by atoms with Crippen LogP contribution < -0.4 is 5.32 Å². The van der Waals surface area contributed by atoms with E-state index in [-0.39, 0.29) is 11.7 Å². The van der Waals surface area contributed by atoms with Gasteiger partial charge in [-0.25, -0.2) is 0 Å². The van der Waals surface area contributed by atoms with Gasteiger partial charge in [-0.2, -0.15) is 0 Å². The predicted octanol–water partition coefficient (Wildman–Crippen LogP) is 6.58. The van der Waals surface area contributed by atoms with E-state index in [9.17, 15) is 4.79 Å². The number of halogens is 1. The van der Waals surface area contributed by atoms with Crippen LogP contribution >= 0.6 is 22.9 Å². The number of carbonyl (C=O) groups is 1. The normalized spacial score (nSPS) is 10.7. The largest absolute Gasteiger partial charge is 0.451 e. The molecule has 0 aliphatic heterocycles. The van der Waals surface area contributed by atoms with Crippen molar-refractivity contribution in [2.24, 2.45) is 0 Å². The second-order valence-electron chi connectivity index (χ2n) is 5.62. The molecule has 0 aliphatic carbocycles. The van der Waals surface area contributed by atoms with Crippen LogP contribution in [0.15, 0.2) is 82.6 Å². The Labute approximate surface area is 159 Å². The molecule has 2 aromatic carbocycles. The molecule has 4 aromatic rings. The van der Waals surface area contributed by atoms with Crippen LogP contribution in [0, 0.1) is 0 Å². The molecule has 128 valence electrons. The fraction of sp³-hybridized carbons (Fsp3) is 0. The van der Waals surface area contributed by atoms with E-state index >= 15 is 0 Å². The predicted molar refractivity (Wildman–Crippen MR) is 107 cm³/mol. The van der Waals surface area contributed by atoms with Gasteiger partial charge in [0.05, 0.1) is 5.02 Å². The molecule has 5 heteroatoms. The molecule has 3 nitrogen and oxygen atoms in total. The van der Waals surface area contributed by atoms with Crippen LogP contribution in [0.25, 0.3) is 21.8 Å². The van der Waals surface area contributed by atoms with Crippen molar-refractivity contribution >= 4 is 34.5 Å². The van der Waals surface area contributed by atoms with Crippen LogP contribution in [0.3, 0.4) is 0 Å². The van der Waals surface area contributed by atoms with E-state index in [1.54, 1.807) is 29.5 Å². The van der Waals surface area contributed by atoms with Gasteiger partial charge in [-0.1, -0.05) is 48.0 Å². The number of carbonyl (C=O) groups excluding carboxylic acids is 1. The van der Waals surface area contributed by atoms with Crippen LogP contribution in [-0.2, 0) is 0 Å². The summed E-state index contributed by atoms with van der Waals surface area (Å²) >= 11 is 7.82. The lowest BCUT2D eigenvalue weighted by Crippen LogP contribution is -2.11. The summed E-state index contributed by atoms with van der Waals surface area (Å²) in [6.07, 6.45) is 0. The minimum absolute atomic E-state index is 0.237. The highest BCUT2D eigenvalue weighted by Crippen LogP contribution is 2.32. The summed E-state index contributed by atoms with van der Waals surface area (Å²) in [5.74, 6) is 0.500. The first-order valence-corrected chi connectivity index (χ1v) is 9.27. The zero-order valence-electron chi connectivity index (χ0n) is 13.6. The standard InChI is InChI=1S/C21H14ClNO2S/c22-16-8-3-1-6-14(16)18-11-12-19(25-18)21(24)23-17-9-4-2-7-15(17)20-10-5-13-26-20/h1-13H,(H,23,24). The second kappa shape index (κ2) is 7.20. The summed E-state index contributed by atoms with van der Waals surface area (Å²) < 4.78 is 5.72. The van der Waals surface area contributed by atoms with Crippen LogP contribution in [0.4, 0.5) is 5.69 Å². The van der Waals surface area contributed by atoms with Crippen molar-refractivity contribution in [2.75, 3.05) is 5.32 Å². The molecule has 0 atom stereocenters. The van der Waals surface area contributed by atoms with Crippen molar-refractivity contribution < 1.29 is 9.21 Å². The molecule has 1 amide bonds. The minimum atomic E-state index is -0.299. The van der Waals surface area contributed by atoms with Gasteiger partial charge in [-0.3, -0.25) is 4.79 Å². The average Bonchev–Trinajstić information content (AvgIpc) is 3.35. The van der Waals surface area contributed by atoms with Crippen molar-refractivity contribution in [2.45, 2.75) is 0 Å². The van der Waals surface area contributed by atoms with Crippen molar-refractivity contribution in [3.63, 3.8) is 0 Å². The van der Waals surface area contributed by atoms with Gasteiger partial charge < -0.3 is 9.73 Å². The first-order chi connectivity index (χ1) is 12.7. The van der Waals surface area contributed by atoms with E-state index in [4.69, 9.17) is 16.0 Å². The van der Waals surface area contributed by atoms with E-state index in [0.717, 1.165) is 21.7 Å². The van der Waals surface area contributed by atoms with E-state index < -0.39 is 0 Å². The van der Waals surface area contributed by atoms with Gasteiger partial charge in [-0.15, -0.1) is 11.3 Å². The fourth-order valence-corrected chi connectivity index (χ4v) is 3.68. The lowest BCUT2D eigenvalue weighted by atomic mass is 10.1. The number of furan rings is 1. The Morgan fingerprint density at radius 1 is 0.885 bits per heavy atom. The molecule has 4 rings (SSSR count). The Kier molecular flexibility index (Phi) is 4.61. The smallest absolute Gasteiger partial charge is 0.291 e. The molecular formula is C21H14ClNO2S. The topological polar surface area (TPSA) is 42.2 Å². The molecule has 0 radical (unpaired) electrons. The third-order valence-electron chi connectivity index (χ3n) is 3.93. The zero-order chi connectivity index (χ0) is 17.9. The number of thiophene rings is 1. The average molecular weight is 380 g/mol. The summed E-state index contributed by atoms with van der Waals surface area (Å²) in [4.78, 5) is 13.7. The van der Waals surface area contributed by atoms with Crippen LogP contribution in [0.5, 0.6) is 0 Å². The Balaban J connectivity index is 1.60. The third kappa shape index (κ3) is 3.29. The Bertz CT molecular complexity index is 1050. The summed E-state index contributed by atoms with van der Waals surface area (Å²) in [6.45, 7) is 0. The number of hydrogen-bond donors (Lipinski definition) is 1. The van der Waals surface area contributed by atoms with Gasteiger partial charge >= 0.3 is 0 Å². The summed E-state index contributed by atoms with van der Waals surface area (Å²) in [6, 6.07) is 22.5. The maximum absolute atomic E-state index is 12.6. The van der Waals surface area contributed by atoms with Crippen molar-refractivity contribution in [1.82, 2.24) is 0 Å². The quantitative estimate of drug-likeness (QED) is 0.435. The molecule has 1 N–H and O–H groups in total. The van der Waals surface area contributed by atoms with Gasteiger partial charge in [0.2, 0.25) is 0 Å². The summed E-state index contributed by atoms with van der Waals surface area (Å²) in [7, 11) is 0. The van der Waals surface area contributed by atoms with Crippen molar-refractivity contribution in [1.29, 1.82) is 0 Å². The molecule has 2 aromatic heterocycles. The maximum Gasteiger partial charge on any atom is 0.291 e. The van der Waals surface area contributed by atoms with Crippen molar-refractivity contribution in [3.8, 4) is 21.8 Å². The van der Waals surface area contributed by atoms with Gasteiger partial charge in [0, 0.05) is 21.7 Å². The molecule has 26 heavy (non-hydrogen) atoms. The molecular weight excluding hydrogens is 366 g/mol. The maximum atomic E-state index is 12.6. The number of amides is 1.